The Morgan fingerprint density at radius 1 is 0.647 bits per heavy atom. The number of ether oxygens (including phenoxy) is 2. The number of aromatic nitrogens is 3. The van der Waals surface area contributed by atoms with Gasteiger partial charge < -0.3 is 14.6 Å². The van der Waals surface area contributed by atoms with Gasteiger partial charge in [0.1, 0.15) is 18.1 Å². The monoisotopic (exact) mass is 459 g/mol. The molecule has 0 saturated heterocycles. The number of benzene rings is 3. The summed E-state index contributed by atoms with van der Waals surface area (Å²) in [6.07, 6.45) is 0. The van der Waals surface area contributed by atoms with Crippen LogP contribution >= 0.6 is 0 Å². The Labute approximate surface area is 202 Å². The zero-order chi connectivity index (χ0) is 24.8. The van der Waals surface area contributed by atoms with Crippen molar-refractivity contribution in [3.8, 4) is 45.7 Å². The highest BCUT2D eigenvalue weighted by molar-refractivity contribution is 5.70. The largest absolute Gasteiger partial charge is 0.507 e. The van der Waals surface area contributed by atoms with Gasteiger partial charge in [0.25, 0.3) is 0 Å². The molecule has 0 spiro atoms. The van der Waals surface area contributed by atoms with E-state index in [9.17, 15) is 5.11 Å². The number of hydrogen-bond acceptors (Lipinski definition) is 6. The average Bonchev–Trinajstić information content (AvgIpc) is 2.92. The molecule has 4 aromatic rings. The topological polar surface area (TPSA) is 77.4 Å². The highest BCUT2D eigenvalue weighted by atomic mass is 16.5. The third-order valence-electron chi connectivity index (χ3n) is 4.47. The minimum atomic E-state index is 0.0362. The summed E-state index contributed by atoms with van der Waals surface area (Å²) in [6.45, 7) is 8.87. The first-order valence-corrected chi connectivity index (χ1v) is 11.6. The summed E-state index contributed by atoms with van der Waals surface area (Å²) in [5.74, 6) is 2.06. The normalized spacial score (nSPS) is 9.79. The van der Waals surface area contributed by atoms with Crippen molar-refractivity contribution >= 4 is 0 Å². The van der Waals surface area contributed by atoms with Gasteiger partial charge in [-0.3, -0.25) is 0 Å². The van der Waals surface area contributed by atoms with E-state index in [-0.39, 0.29) is 5.75 Å². The van der Waals surface area contributed by atoms with Gasteiger partial charge in [0, 0.05) is 24.3 Å². The van der Waals surface area contributed by atoms with E-state index in [0.29, 0.717) is 42.0 Å². The number of phenols is 1. The maximum absolute atomic E-state index is 10.6. The lowest BCUT2D eigenvalue weighted by atomic mass is 10.1. The number of methoxy groups -OCH3 is 1. The van der Waals surface area contributed by atoms with Gasteiger partial charge in [-0.15, -0.1) is 0 Å². The molecular formula is C28H33N3O3. The van der Waals surface area contributed by atoms with E-state index in [0.717, 1.165) is 11.1 Å². The van der Waals surface area contributed by atoms with Crippen LogP contribution in [0.2, 0.25) is 0 Å². The molecule has 0 radical (unpaired) electrons. The first kappa shape index (κ1) is 26.5. The van der Waals surface area contributed by atoms with Gasteiger partial charge in [-0.05, 0) is 12.1 Å². The van der Waals surface area contributed by atoms with Crippen LogP contribution in [0.5, 0.6) is 11.5 Å². The highest BCUT2D eigenvalue weighted by Gasteiger charge is 2.15. The quantitative estimate of drug-likeness (QED) is 0.312. The Balaban J connectivity index is 0.000000970. The van der Waals surface area contributed by atoms with Crippen molar-refractivity contribution < 1.29 is 14.6 Å². The minimum Gasteiger partial charge on any atom is -0.507 e. The molecule has 4 rings (SSSR count). The molecule has 178 valence electrons. The predicted molar refractivity (Wildman–Crippen MR) is 138 cm³/mol. The maximum atomic E-state index is 10.6. The molecule has 0 unspecified atom stereocenters. The molecule has 0 aliphatic rings. The van der Waals surface area contributed by atoms with Crippen molar-refractivity contribution in [1.29, 1.82) is 0 Å². The molecule has 0 amide bonds. The number of nitrogens with zero attached hydrogens (tertiary/aromatic N) is 3. The number of hydrogen-bond donors (Lipinski definition) is 1. The van der Waals surface area contributed by atoms with Crippen molar-refractivity contribution in [2.75, 3.05) is 20.3 Å². The molecule has 1 N–H and O–H groups in total. The summed E-state index contributed by atoms with van der Waals surface area (Å²) >= 11 is 0. The van der Waals surface area contributed by atoms with E-state index in [1.54, 1.807) is 25.3 Å². The molecule has 1 aromatic heterocycles. The molecule has 0 aliphatic heterocycles. The van der Waals surface area contributed by atoms with Crippen LogP contribution in [0.15, 0.2) is 78.9 Å². The molecule has 0 atom stereocenters. The average molecular weight is 460 g/mol. The Hall–Kier alpha value is -3.77. The van der Waals surface area contributed by atoms with E-state index in [1.807, 2.05) is 88.4 Å². The fourth-order valence-electron chi connectivity index (χ4n) is 2.96. The summed E-state index contributed by atoms with van der Waals surface area (Å²) in [5.41, 5.74) is 2.25. The second-order valence-corrected chi connectivity index (χ2v) is 6.56. The Morgan fingerprint density at radius 3 is 1.62 bits per heavy atom. The molecule has 34 heavy (non-hydrogen) atoms. The molecule has 1 heterocycles. The van der Waals surface area contributed by atoms with Gasteiger partial charge >= 0.3 is 0 Å². The molecule has 0 bridgehead atoms. The van der Waals surface area contributed by atoms with Crippen LogP contribution in [-0.2, 0) is 4.74 Å². The Kier molecular flexibility index (Phi) is 11.2. The van der Waals surface area contributed by atoms with Crippen molar-refractivity contribution in [3.63, 3.8) is 0 Å². The first-order valence-electron chi connectivity index (χ1n) is 11.6. The van der Waals surface area contributed by atoms with Crippen LogP contribution in [0, 0.1) is 0 Å². The molecule has 0 aliphatic carbocycles. The Morgan fingerprint density at radius 2 is 1.15 bits per heavy atom. The summed E-state index contributed by atoms with van der Waals surface area (Å²) < 4.78 is 10.5. The lowest BCUT2D eigenvalue weighted by Crippen LogP contribution is -2.04. The predicted octanol–water partition coefficient (Wildman–Crippen LogP) is 6.66. The van der Waals surface area contributed by atoms with Crippen LogP contribution in [0.1, 0.15) is 27.7 Å². The van der Waals surface area contributed by atoms with Crippen molar-refractivity contribution in [1.82, 2.24) is 15.0 Å². The third kappa shape index (κ3) is 7.12. The van der Waals surface area contributed by atoms with Crippen molar-refractivity contribution in [2.24, 2.45) is 0 Å². The van der Waals surface area contributed by atoms with Crippen LogP contribution in [-0.4, -0.2) is 40.4 Å². The zero-order valence-corrected chi connectivity index (χ0v) is 20.5. The number of aromatic hydroxyl groups is 1. The van der Waals surface area contributed by atoms with Gasteiger partial charge in [0.15, 0.2) is 17.5 Å². The second kappa shape index (κ2) is 14.4. The lowest BCUT2D eigenvalue weighted by molar-refractivity contribution is 0.146. The summed E-state index contributed by atoms with van der Waals surface area (Å²) in [7, 11) is 1.61. The van der Waals surface area contributed by atoms with Gasteiger partial charge in [0.05, 0.1) is 12.2 Å². The molecule has 0 saturated carbocycles. The van der Waals surface area contributed by atoms with Gasteiger partial charge in [-0.25, -0.2) is 15.0 Å². The Bertz CT molecular complexity index is 1060. The zero-order valence-electron chi connectivity index (χ0n) is 20.5. The molecule has 6 heteroatoms. The van der Waals surface area contributed by atoms with E-state index >= 15 is 0 Å². The van der Waals surface area contributed by atoms with Crippen LogP contribution in [0.3, 0.4) is 0 Å². The second-order valence-electron chi connectivity index (χ2n) is 6.56. The van der Waals surface area contributed by atoms with E-state index in [2.05, 4.69) is 15.0 Å². The van der Waals surface area contributed by atoms with Gasteiger partial charge in [-0.1, -0.05) is 88.4 Å². The lowest BCUT2D eigenvalue weighted by Gasteiger charge is -2.11. The standard InChI is InChI=1S/C24H21N3O3.2C2H6/c1-29-14-15-30-19-12-13-20(21(28)16-19)24-26-22(17-8-4-2-5-9-17)25-23(27-24)18-10-6-3-7-11-18;2*1-2/h2-13,16,28H,14-15H2,1H3;2*1-2H3. The smallest absolute Gasteiger partial charge is 0.167 e. The van der Waals surface area contributed by atoms with Crippen molar-refractivity contribution in [2.45, 2.75) is 27.7 Å². The van der Waals surface area contributed by atoms with E-state index < -0.39 is 0 Å². The first-order chi connectivity index (χ1) is 16.7. The highest BCUT2D eigenvalue weighted by Crippen LogP contribution is 2.32. The summed E-state index contributed by atoms with van der Waals surface area (Å²) in [5, 5.41) is 10.6. The summed E-state index contributed by atoms with van der Waals surface area (Å²) in [6, 6.07) is 24.5. The fraction of sp³-hybridized carbons (Fsp3) is 0.250. The van der Waals surface area contributed by atoms with Crippen LogP contribution in [0.4, 0.5) is 0 Å². The SMILES string of the molecule is CC.CC.COCCOc1ccc(-c2nc(-c3ccccc3)nc(-c3ccccc3)n2)c(O)c1. The third-order valence-corrected chi connectivity index (χ3v) is 4.47. The minimum absolute atomic E-state index is 0.0362. The van der Waals surface area contributed by atoms with Gasteiger partial charge in [0.2, 0.25) is 0 Å². The van der Waals surface area contributed by atoms with Crippen LogP contribution in [0.25, 0.3) is 34.2 Å². The van der Waals surface area contributed by atoms with Crippen molar-refractivity contribution in [3.05, 3.63) is 78.9 Å². The molecular weight excluding hydrogens is 426 g/mol. The summed E-state index contributed by atoms with van der Waals surface area (Å²) in [4.78, 5) is 13.9. The van der Waals surface area contributed by atoms with Crippen LogP contribution < -0.4 is 4.74 Å². The molecule has 0 fully saturated rings. The number of phenolic OH excluding ortho intramolecular Hbond substituents is 1. The fourth-order valence-corrected chi connectivity index (χ4v) is 2.96. The van der Waals surface area contributed by atoms with E-state index in [4.69, 9.17) is 9.47 Å². The molecule has 3 aromatic carbocycles. The number of rotatable bonds is 7. The maximum Gasteiger partial charge on any atom is 0.167 e. The van der Waals surface area contributed by atoms with Gasteiger partial charge in [-0.2, -0.15) is 0 Å². The van der Waals surface area contributed by atoms with E-state index in [1.165, 1.54) is 0 Å². The molecule has 6 nitrogen and oxygen atoms in total.